The lowest BCUT2D eigenvalue weighted by atomic mass is 10.1. The van der Waals surface area contributed by atoms with Crippen LogP contribution in [-0.2, 0) is 4.79 Å². The molecule has 3 aromatic rings. The first kappa shape index (κ1) is 18.4. The van der Waals surface area contributed by atoms with Crippen molar-refractivity contribution < 1.29 is 9.59 Å². The number of carbonyl (C=O) groups excluding carboxylic acids is 2. The van der Waals surface area contributed by atoms with Crippen LogP contribution in [-0.4, -0.2) is 17.9 Å². The molecule has 0 bridgehead atoms. The van der Waals surface area contributed by atoms with Gasteiger partial charge in [-0.05, 0) is 48.2 Å². The summed E-state index contributed by atoms with van der Waals surface area (Å²) in [5, 5.41) is 7.79. The lowest BCUT2D eigenvalue weighted by molar-refractivity contribution is -0.117. The van der Waals surface area contributed by atoms with Crippen molar-refractivity contribution in [3.63, 3.8) is 0 Å². The standard InChI is InChI=1S/C21H20N4O2S/c26-20(14-6-2-1-3-7-14)22-15-8-4-9-16(12-15)23-21(27)18-13-17(24-25-18)19-10-5-11-28-19/h1-12,17-18,24-25H,13H2,(H,22,26)(H,23,27). The Kier molecular flexibility index (Phi) is 5.48. The van der Waals surface area contributed by atoms with E-state index < -0.39 is 0 Å². The van der Waals surface area contributed by atoms with Crippen molar-refractivity contribution in [2.45, 2.75) is 18.5 Å². The van der Waals surface area contributed by atoms with Gasteiger partial charge in [-0.2, -0.15) is 0 Å². The van der Waals surface area contributed by atoms with E-state index in [4.69, 9.17) is 0 Å². The maximum atomic E-state index is 12.6. The molecule has 28 heavy (non-hydrogen) atoms. The maximum absolute atomic E-state index is 12.6. The summed E-state index contributed by atoms with van der Waals surface area (Å²) < 4.78 is 0. The molecule has 0 radical (unpaired) electrons. The fourth-order valence-electron chi connectivity index (χ4n) is 3.10. The number of nitrogens with one attached hydrogen (secondary N) is 4. The Labute approximate surface area is 166 Å². The van der Waals surface area contributed by atoms with Gasteiger partial charge in [0.05, 0.1) is 6.04 Å². The third-order valence-electron chi connectivity index (χ3n) is 4.53. The summed E-state index contributed by atoms with van der Waals surface area (Å²) in [7, 11) is 0. The summed E-state index contributed by atoms with van der Waals surface area (Å²) in [4.78, 5) is 26.1. The summed E-state index contributed by atoms with van der Waals surface area (Å²) in [5.41, 5.74) is 8.08. The molecule has 7 heteroatoms. The maximum Gasteiger partial charge on any atom is 0.255 e. The van der Waals surface area contributed by atoms with Crippen LogP contribution in [0.25, 0.3) is 0 Å². The van der Waals surface area contributed by atoms with E-state index in [1.54, 1.807) is 47.7 Å². The van der Waals surface area contributed by atoms with Gasteiger partial charge in [-0.15, -0.1) is 11.3 Å². The van der Waals surface area contributed by atoms with Crippen molar-refractivity contribution in [2.75, 3.05) is 10.6 Å². The average molecular weight is 392 g/mol. The van der Waals surface area contributed by atoms with Crippen LogP contribution >= 0.6 is 11.3 Å². The molecule has 1 fully saturated rings. The van der Waals surface area contributed by atoms with E-state index in [0.717, 1.165) is 0 Å². The molecular weight excluding hydrogens is 372 g/mol. The molecule has 1 aromatic heterocycles. The quantitative estimate of drug-likeness (QED) is 0.535. The van der Waals surface area contributed by atoms with E-state index >= 15 is 0 Å². The van der Waals surface area contributed by atoms with Crippen LogP contribution in [0.1, 0.15) is 27.7 Å². The molecule has 1 aliphatic rings. The predicted molar refractivity (Wildman–Crippen MR) is 111 cm³/mol. The molecule has 4 rings (SSSR count). The van der Waals surface area contributed by atoms with Crippen LogP contribution in [0.3, 0.4) is 0 Å². The second-order valence-corrected chi connectivity index (χ2v) is 7.51. The molecule has 0 saturated carbocycles. The summed E-state index contributed by atoms with van der Waals surface area (Å²) in [6.07, 6.45) is 0.677. The molecule has 142 valence electrons. The highest BCUT2D eigenvalue weighted by Gasteiger charge is 2.30. The minimum atomic E-state index is -0.324. The molecule has 2 unspecified atom stereocenters. The van der Waals surface area contributed by atoms with Gasteiger partial charge in [-0.1, -0.05) is 30.3 Å². The zero-order valence-corrected chi connectivity index (χ0v) is 15.8. The van der Waals surface area contributed by atoms with Crippen LogP contribution in [0.2, 0.25) is 0 Å². The first-order chi connectivity index (χ1) is 13.7. The molecule has 1 aliphatic heterocycles. The van der Waals surface area contributed by atoms with Gasteiger partial charge in [-0.3, -0.25) is 9.59 Å². The van der Waals surface area contributed by atoms with E-state index in [1.807, 2.05) is 29.6 Å². The first-order valence-corrected chi connectivity index (χ1v) is 9.89. The Morgan fingerprint density at radius 2 is 1.68 bits per heavy atom. The first-order valence-electron chi connectivity index (χ1n) is 9.01. The minimum Gasteiger partial charge on any atom is -0.325 e. The van der Waals surface area contributed by atoms with E-state index in [2.05, 4.69) is 27.6 Å². The summed E-state index contributed by atoms with van der Waals surface area (Å²) >= 11 is 1.67. The Hall–Kier alpha value is -3.00. The van der Waals surface area contributed by atoms with Crippen molar-refractivity contribution in [1.29, 1.82) is 0 Å². The Morgan fingerprint density at radius 3 is 2.43 bits per heavy atom. The van der Waals surface area contributed by atoms with Crippen molar-refractivity contribution in [1.82, 2.24) is 10.9 Å². The van der Waals surface area contributed by atoms with Gasteiger partial charge in [-0.25, -0.2) is 10.9 Å². The molecule has 0 aliphatic carbocycles. The normalized spacial score (nSPS) is 18.6. The van der Waals surface area contributed by atoms with Crippen molar-refractivity contribution in [3.8, 4) is 0 Å². The van der Waals surface area contributed by atoms with E-state index in [-0.39, 0.29) is 23.9 Å². The van der Waals surface area contributed by atoms with Crippen molar-refractivity contribution in [3.05, 3.63) is 82.6 Å². The zero-order valence-electron chi connectivity index (χ0n) is 15.0. The number of anilines is 2. The molecule has 2 aromatic carbocycles. The number of amides is 2. The molecule has 2 atom stereocenters. The van der Waals surface area contributed by atoms with Crippen LogP contribution in [0.5, 0.6) is 0 Å². The lowest BCUT2D eigenvalue weighted by Crippen LogP contribution is -2.39. The monoisotopic (exact) mass is 392 g/mol. The van der Waals surface area contributed by atoms with Gasteiger partial charge < -0.3 is 10.6 Å². The Morgan fingerprint density at radius 1 is 0.893 bits per heavy atom. The molecular formula is C21H20N4O2S. The Bertz CT molecular complexity index is 960. The van der Waals surface area contributed by atoms with Crippen LogP contribution in [0.4, 0.5) is 11.4 Å². The Balaban J connectivity index is 1.37. The van der Waals surface area contributed by atoms with E-state index in [0.29, 0.717) is 23.4 Å². The predicted octanol–water partition coefficient (Wildman–Crippen LogP) is 3.55. The number of hydrazine groups is 1. The highest BCUT2D eigenvalue weighted by Crippen LogP contribution is 2.26. The molecule has 2 amide bonds. The fraction of sp³-hybridized carbons (Fsp3) is 0.143. The molecule has 6 nitrogen and oxygen atoms in total. The van der Waals surface area contributed by atoms with E-state index in [9.17, 15) is 9.59 Å². The van der Waals surface area contributed by atoms with Crippen LogP contribution in [0.15, 0.2) is 72.1 Å². The molecule has 0 spiro atoms. The smallest absolute Gasteiger partial charge is 0.255 e. The number of carbonyl (C=O) groups is 2. The number of hydrogen-bond donors (Lipinski definition) is 4. The molecule has 4 N–H and O–H groups in total. The van der Waals surface area contributed by atoms with Crippen LogP contribution < -0.4 is 21.5 Å². The topological polar surface area (TPSA) is 82.3 Å². The largest absolute Gasteiger partial charge is 0.325 e. The van der Waals surface area contributed by atoms with Gasteiger partial charge in [0.25, 0.3) is 5.91 Å². The number of hydrogen-bond acceptors (Lipinski definition) is 5. The highest BCUT2D eigenvalue weighted by atomic mass is 32.1. The third kappa shape index (κ3) is 4.28. The summed E-state index contributed by atoms with van der Waals surface area (Å²) in [5.74, 6) is -0.303. The number of benzene rings is 2. The van der Waals surface area contributed by atoms with Crippen LogP contribution in [0, 0.1) is 0 Å². The van der Waals surface area contributed by atoms with Gasteiger partial charge in [0, 0.05) is 21.8 Å². The average Bonchev–Trinajstić information content (AvgIpc) is 3.41. The van der Waals surface area contributed by atoms with Crippen molar-refractivity contribution in [2.24, 2.45) is 0 Å². The fourth-order valence-corrected chi connectivity index (χ4v) is 3.89. The summed E-state index contributed by atoms with van der Waals surface area (Å²) in [6.45, 7) is 0. The number of thiophene rings is 1. The van der Waals surface area contributed by atoms with Crippen molar-refractivity contribution >= 4 is 34.5 Å². The lowest BCUT2D eigenvalue weighted by Gasteiger charge is -2.12. The summed E-state index contributed by atoms with van der Waals surface area (Å²) in [6, 6.07) is 20.0. The van der Waals surface area contributed by atoms with E-state index in [1.165, 1.54) is 4.88 Å². The molecule has 1 saturated heterocycles. The second kappa shape index (κ2) is 8.35. The van der Waals surface area contributed by atoms with Gasteiger partial charge in [0.2, 0.25) is 5.91 Å². The minimum absolute atomic E-state index is 0.113. The third-order valence-corrected chi connectivity index (χ3v) is 5.52. The van der Waals surface area contributed by atoms with Gasteiger partial charge >= 0.3 is 0 Å². The van der Waals surface area contributed by atoms with Gasteiger partial charge in [0.15, 0.2) is 0 Å². The SMILES string of the molecule is O=C(Nc1cccc(NC(=O)C2CC(c3cccs3)NN2)c1)c1ccccc1. The second-order valence-electron chi connectivity index (χ2n) is 6.54. The van der Waals surface area contributed by atoms with Gasteiger partial charge in [0.1, 0.15) is 6.04 Å². The highest BCUT2D eigenvalue weighted by molar-refractivity contribution is 7.10. The zero-order chi connectivity index (χ0) is 19.3. The number of rotatable bonds is 5. The molecule has 2 heterocycles.